The van der Waals surface area contributed by atoms with E-state index in [1.165, 1.54) is 22.0 Å². The minimum Gasteiger partial charge on any atom is -0.325 e. The van der Waals surface area contributed by atoms with Crippen LogP contribution in [-0.4, -0.2) is 57.9 Å². The first-order valence-corrected chi connectivity index (χ1v) is 11.7. The van der Waals surface area contributed by atoms with Crippen molar-refractivity contribution in [1.82, 2.24) is 4.31 Å². The van der Waals surface area contributed by atoms with E-state index in [4.69, 9.17) is 11.6 Å². The third kappa shape index (κ3) is 4.33. The maximum absolute atomic E-state index is 12.9. The van der Waals surface area contributed by atoms with Gasteiger partial charge in [0.25, 0.3) is 5.91 Å². The highest BCUT2D eigenvalue weighted by Gasteiger charge is 2.32. The molecule has 1 fully saturated rings. The first-order chi connectivity index (χ1) is 13.9. The highest BCUT2D eigenvalue weighted by atomic mass is 35.5. The Balaban J connectivity index is 1.37. The molecule has 2 aromatic rings. The maximum atomic E-state index is 12.9. The molecule has 0 radical (unpaired) electrons. The SMILES string of the molecule is O=C(C[NH+]1CCN(S(=O)(=O)c2ccc(Cl)cc2)CC1)N1CCCc2ccccc21. The van der Waals surface area contributed by atoms with Crippen molar-refractivity contribution in [2.24, 2.45) is 0 Å². The number of fused-ring (bicyclic) bond motifs is 1. The van der Waals surface area contributed by atoms with E-state index in [2.05, 4.69) is 6.07 Å². The number of quaternary nitrogens is 1. The molecule has 1 saturated heterocycles. The molecule has 6 nitrogen and oxygen atoms in total. The van der Waals surface area contributed by atoms with Crippen LogP contribution in [0.5, 0.6) is 0 Å². The Bertz CT molecular complexity index is 986. The molecule has 4 rings (SSSR count). The largest absolute Gasteiger partial charge is 0.325 e. The molecule has 2 aliphatic rings. The lowest BCUT2D eigenvalue weighted by molar-refractivity contribution is -0.895. The van der Waals surface area contributed by atoms with Crippen molar-refractivity contribution in [3.05, 3.63) is 59.1 Å². The number of para-hydroxylation sites is 1. The van der Waals surface area contributed by atoms with Crippen LogP contribution in [0.1, 0.15) is 12.0 Å². The fourth-order valence-electron chi connectivity index (χ4n) is 4.08. The molecular formula is C21H25ClN3O3S+. The van der Waals surface area contributed by atoms with Gasteiger partial charge in [-0.2, -0.15) is 4.31 Å². The lowest BCUT2D eigenvalue weighted by Crippen LogP contribution is -3.15. The number of benzene rings is 2. The summed E-state index contributed by atoms with van der Waals surface area (Å²) in [5.41, 5.74) is 2.24. The van der Waals surface area contributed by atoms with Crippen LogP contribution in [0.25, 0.3) is 0 Å². The summed E-state index contributed by atoms with van der Waals surface area (Å²) < 4.78 is 27.1. The Labute approximate surface area is 176 Å². The van der Waals surface area contributed by atoms with E-state index in [0.717, 1.165) is 30.0 Å². The van der Waals surface area contributed by atoms with Gasteiger partial charge in [0.05, 0.1) is 31.1 Å². The molecular weight excluding hydrogens is 410 g/mol. The van der Waals surface area contributed by atoms with Crippen LogP contribution < -0.4 is 9.80 Å². The Morgan fingerprint density at radius 1 is 1.00 bits per heavy atom. The van der Waals surface area contributed by atoms with Crippen molar-refractivity contribution in [2.45, 2.75) is 17.7 Å². The summed E-state index contributed by atoms with van der Waals surface area (Å²) in [6.45, 7) is 3.19. The third-order valence-corrected chi connectivity index (χ3v) is 7.86. The van der Waals surface area contributed by atoms with E-state index in [1.54, 1.807) is 12.1 Å². The number of piperazine rings is 1. The quantitative estimate of drug-likeness (QED) is 0.786. The first-order valence-electron chi connectivity index (χ1n) is 9.93. The van der Waals surface area contributed by atoms with E-state index in [9.17, 15) is 13.2 Å². The lowest BCUT2D eigenvalue weighted by Gasteiger charge is -2.34. The molecule has 0 spiro atoms. The number of sulfonamides is 1. The molecule has 2 heterocycles. The number of rotatable bonds is 4. The van der Waals surface area contributed by atoms with Gasteiger partial charge in [-0.1, -0.05) is 29.8 Å². The zero-order valence-corrected chi connectivity index (χ0v) is 17.8. The second-order valence-corrected chi connectivity index (χ2v) is 9.94. The summed E-state index contributed by atoms with van der Waals surface area (Å²) in [5, 5.41) is 0.510. The van der Waals surface area contributed by atoms with Crippen LogP contribution in [0, 0.1) is 0 Å². The molecule has 0 unspecified atom stereocenters. The van der Waals surface area contributed by atoms with E-state index < -0.39 is 10.0 Å². The molecule has 154 valence electrons. The van der Waals surface area contributed by atoms with E-state index in [-0.39, 0.29) is 10.8 Å². The van der Waals surface area contributed by atoms with Gasteiger partial charge in [0.1, 0.15) is 0 Å². The average Bonchev–Trinajstić information content (AvgIpc) is 2.74. The lowest BCUT2D eigenvalue weighted by atomic mass is 10.0. The molecule has 2 aromatic carbocycles. The second kappa shape index (κ2) is 8.44. The molecule has 1 amide bonds. The monoisotopic (exact) mass is 434 g/mol. The second-order valence-electron chi connectivity index (χ2n) is 7.56. The van der Waals surface area contributed by atoms with Gasteiger partial charge in [0.15, 0.2) is 6.54 Å². The molecule has 0 saturated carbocycles. The molecule has 1 N–H and O–H groups in total. The van der Waals surface area contributed by atoms with Crippen molar-refractivity contribution >= 4 is 33.2 Å². The van der Waals surface area contributed by atoms with Crippen LogP contribution in [0.3, 0.4) is 0 Å². The van der Waals surface area contributed by atoms with Crippen LogP contribution in [0.2, 0.25) is 5.02 Å². The highest BCUT2D eigenvalue weighted by Crippen LogP contribution is 2.26. The zero-order chi connectivity index (χ0) is 20.4. The Hall–Kier alpha value is -1.93. The van der Waals surface area contributed by atoms with Gasteiger partial charge in [-0.3, -0.25) is 4.79 Å². The van der Waals surface area contributed by atoms with Gasteiger partial charge in [-0.15, -0.1) is 0 Å². The van der Waals surface area contributed by atoms with E-state index >= 15 is 0 Å². The minimum absolute atomic E-state index is 0.112. The number of nitrogens with zero attached hydrogens (tertiary/aromatic N) is 2. The van der Waals surface area contributed by atoms with Gasteiger partial charge in [0, 0.05) is 17.3 Å². The van der Waals surface area contributed by atoms with Crippen LogP contribution in [-0.2, 0) is 21.2 Å². The van der Waals surface area contributed by atoms with Crippen molar-refractivity contribution in [2.75, 3.05) is 44.2 Å². The summed E-state index contributed by atoms with van der Waals surface area (Å²) >= 11 is 5.86. The number of hydrogen-bond acceptors (Lipinski definition) is 3. The van der Waals surface area contributed by atoms with Crippen molar-refractivity contribution in [1.29, 1.82) is 0 Å². The van der Waals surface area contributed by atoms with Gasteiger partial charge >= 0.3 is 0 Å². The number of anilines is 1. The normalized spacial score (nSPS) is 18.4. The summed E-state index contributed by atoms with van der Waals surface area (Å²) in [6, 6.07) is 14.3. The predicted octanol–water partition coefficient (Wildman–Crippen LogP) is 1.21. The van der Waals surface area contributed by atoms with Gasteiger partial charge in [-0.05, 0) is 48.7 Å². The number of halogens is 1. The standard InChI is InChI=1S/C21H24ClN3O3S/c22-18-7-9-19(10-8-18)29(27,28)24-14-12-23(13-15-24)16-21(26)25-11-3-5-17-4-1-2-6-20(17)25/h1-2,4,6-10H,3,5,11-16H2/p+1. The third-order valence-electron chi connectivity index (χ3n) is 5.69. The van der Waals surface area contributed by atoms with Gasteiger partial charge in [0.2, 0.25) is 10.0 Å². The summed E-state index contributed by atoms with van der Waals surface area (Å²) in [6.07, 6.45) is 1.99. The average molecular weight is 435 g/mol. The molecule has 0 atom stereocenters. The van der Waals surface area contributed by atoms with Crippen LogP contribution >= 0.6 is 11.6 Å². The van der Waals surface area contributed by atoms with E-state index in [0.29, 0.717) is 37.7 Å². The van der Waals surface area contributed by atoms with Crippen molar-refractivity contribution < 1.29 is 18.1 Å². The molecule has 0 aliphatic carbocycles. The summed E-state index contributed by atoms with van der Waals surface area (Å²) in [5.74, 6) is 0.112. The van der Waals surface area contributed by atoms with Crippen LogP contribution in [0.4, 0.5) is 5.69 Å². The van der Waals surface area contributed by atoms with E-state index in [1.807, 2.05) is 23.1 Å². The smallest absolute Gasteiger partial charge is 0.282 e. The summed E-state index contributed by atoms with van der Waals surface area (Å²) in [7, 11) is -3.53. The molecule has 29 heavy (non-hydrogen) atoms. The van der Waals surface area contributed by atoms with Crippen molar-refractivity contribution in [3.63, 3.8) is 0 Å². The Kier molecular flexibility index (Phi) is 5.92. The van der Waals surface area contributed by atoms with Gasteiger partial charge in [-0.25, -0.2) is 8.42 Å². The number of amides is 1. The number of hydrogen-bond donors (Lipinski definition) is 1. The van der Waals surface area contributed by atoms with Gasteiger partial charge < -0.3 is 9.80 Å². The fraction of sp³-hybridized carbons (Fsp3) is 0.381. The fourth-order valence-corrected chi connectivity index (χ4v) is 5.64. The molecule has 0 bridgehead atoms. The molecule has 8 heteroatoms. The number of carbonyl (C=O) groups excluding carboxylic acids is 1. The zero-order valence-electron chi connectivity index (χ0n) is 16.2. The minimum atomic E-state index is -3.53. The maximum Gasteiger partial charge on any atom is 0.282 e. The Morgan fingerprint density at radius 2 is 1.69 bits per heavy atom. The number of carbonyl (C=O) groups is 1. The molecule has 2 aliphatic heterocycles. The van der Waals surface area contributed by atoms with Crippen LogP contribution in [0.15, 0.2) is 53.4 Å². The van der Waals surface area contributed by atoms with Crippen molar-refractivity contribution in [3.8, 4) is 0 Å². The Morgan fingerprint density at radius 3 is 2.41 bits per heavy atom. The topological polar surface area (TPSA) is 62.1 Å². The molecule has 0 aromatic heterocycles. The first kappa shape index (κ1) is 20.3. The predicted molar refractivity (Wildman–Crippen MR) is 113 cm³/mol. The number of aryl methyl sites for hydroxylation is 1. The number of nitrogens with one attached hydrogen (secondary N) is 1. The summed E-state index contributed by atoms with van der Waals surface area (Å²) in [4.78, 5) is 16.2. The highest BCUT2D eigenvalue weighted by molar-refractivity contribution is 7.89.